The first-order valence-electron chi connectivity index (χ1n) is 8.42. The average molecular weight is 382 g/mol. The molecule has 0 bridgehead atoms. The highest BCUT2D eigenvalue weighted by Crippen LogP contribution is 2.09. The molecule has 0 aromatic heterocycles. The van der Waals surface area contributed by atoms with E-state index >= 15 is 0 Å². The molecule has 7 nitrogen and oxygen atoms in total. The lowest BCUT2D eigenvalue weighted by atomic mass is 10.2. The Morgan fingerprint density at radius 2 is 1.73 bits per heavy atom. The number of hydrogen-bond acceptors (Lipinski definition) is 6. The minimum atomic E-state index is -1.32. The van der Waals surface area contributed by atoms with Crippen LogP contribution < -0.4 is 5.32 Å². The molecule has 1 aromatic carbocycles. The van der Waals surface area contributed by atoms with E-state index in [1.165, 1.54) is 7.11 Å². The fraction of sp³-hybridized carbons (Fsp3) is 0.500. The number of nitrogens with one attached hydrogen (secondary N) is 1. The van der Waals surface area contributed by atoms with Gasteiger partial charge in [-0.3, -0.25) is 4.79 Å². The summed E-state index contributed by atoms with van der Waals surface area (Å²) in [5, 5.41) is 2.35. The number of esters is 2. The molecule has 0 heterocycles. The molecule has 1 amide bonds. The first-order chi connectivity index (χ1) is 12.2. The SMILES string of the molecule is COC(=O)[C@H](CC(=O)OCC[Si](C)(C)C)NC(=O)OCc1ccccc1. The highest BCUT2D eigenvalue weighted by Gasteiger charge is 2.26. The second kappa shape index (κ2) is 10.6. The molecule has 0 saturated carbocycles. The molecule has 0 saturated heterocycles. The van der Waals surface area contributed by atoms with Crippen LogP contribution in [0.5, 0.6) is 0 Å². The Hall–Kier alpha value is -2.35. The summed E-state index contributed by atoms with van der Waals surface area (Å²) in [4.78, 5) is 35.6. The summed E-state index contributed by atoms with van der Waals surface area (Å²) in [5.74, 6) is -1.30. The molecule has 0 unspecified atom stereocenters. The second-order valence-corrected chi connectivity index (χ2v) is 12.6. The first-order valence-corrected chi connectivity index (χ1v) is 12.1. The van der Waals surface area contributed by atoms with Gasteiger partial charge in [-0.2, -0.15) is 0 Å². The number of ether oxygens (including phenoxy) is 3. The van der Waals surface area contributed by atoms with E-state index < -0.39 is 32.1 Å². The van der Waals surface area contributed by atoms with Crippen LogP contribution in [0, 0.1) is 0 Å². The van der Waals surface area contributed by atoms with Gasteiger partial charge in [0.15, 0.2) is 0 Å². The van der Waals surface area contributed by atoms with Gasteiger partial charge in [-0.05, 0) is 11.6 Å². The zero-order chi connectivity index (χ0) is 19.6. The van der Waals surface area contributed by atoms with Crippen molar-refractivity contribution in [3.63, 3.8) is 0 Å². The van der Waals surface area contributed by atoms with Gasteiger partial charge < -0.3 is 19.5 Å². The lowest BCUT2D eigenvalue weighted by Gasteiger charge is -2.18. The lowest BCUT2D eigenvalue weighted by Crippen LogP contribution is -2.43. The highest BCUT2D eigenvalue weighted by atomic mass is 28.3. The molecule has 0 aliphatic rings. The molecular formula is C18H27NO6Si. The van der Waals surface area contributed by atoms with Crippen LogP contribution in [0.3, 0.4) is 0 Å². The van der Waals surface area contributed by atoms with E-state index in [4.69, 9.17) is 9.47 Å². The van der Waals surface area contributed by atoms with E-state index in [1.54, 1.807) is 12.1 Å². The van der Waals surface area contributed by atoms with Crippen molar-refractivity contribution in [3.8, 4) is 0 Å². The van der Waals surface area contributed by atoms with Gasteiger partial charge in [-0.15, -0.1) is 0 Å². The number of rotatable bonds is 9. The van der Waals surface area contributed by atoms with Crippen molar-refractivity contribution in [2.24, 2.45) is 0 Å². The summed E-state index contributed by atoms with van der Waals surface area (Å²) in [6.07, 6.45) is -1.11. The second-order valence-electron chi connectivity index (χ2n) is 7.02. The predicted octanol–water partition coefficient (Wildman–Crippen LogP) is 2.73. The van der Waals surface area contributed by atoms with Crippen LogP contribution in [0.4, 0.5) is 4.79 Å². The van der Waals surface area contributed by atoms with Gasteiger partial charge in [0.05, 0.1) is 20.1 Å². The van der Waals surface area contributed by atoms with Crippen LogP contribution in [0.25, 0.3) is 0 Å². The maximum Gasteiger partial charge on any atom is 0.408 e. The number of carbonyl (C=O) groups is 3. The molecule has 8 heteroatoms. The van der Waals surface area contributed by atoms with E-state index in [-0.39, 0.29) is 13.0 Å². The largest absolute Gasteiger partial charge is 0.467 e. The zero-order valence-electron chi connectivity index (χ0n) is 15.7. The molecule has 26 heavy (non-hydrogen) atoms. The number of hydrogen-bond donors (Lipinski definition) is 1. The summed E-state index contributed by atoms with van der Waals surface area (Å²) >= 11 is 0. The number of benzene rings is 1. The maximum atomic E-state index is 11.9. The molecule has 1 aromatic rings. The smallest absolute Gasteiger partial charge is 0.408 e. The molecule has 0 radical (unpaired) electrons. The average Bonchev–Trinajstić information content (AvgIpc) is 2.58. The Labute approximate surface area is 155 Å². The Morgan fingerprint density at radius 1 is 1.08 bits per heavy atom. The normalized spacial score (nSPS) is 12.0. The van der Waals surface area contributed by atoms with Crippen molar-refractivity contribution in [1.82, 2.24) is 5.32 Å². The fourth-order valence-corrected chi connectivity index (χ4v) is 2.65. The molecule has 1 atom stereocenters. The van der Waals surface area contributed by atoms with E-state index in [9.17, 15) is 14.4 Å². The molecule has 144 valence electrons. The molecular weight excluding hydrogens is 354 g/mol. The number of amides is 1. The molecule has 1 rings (SSSR count). The lowest BCUT2D eigenvalue weighted by molar-refractivity contribution is -0.150. The van der Waals surface area contributed by atoms with E-state index in [2.05, 4.69) is 29.7 Å². The monoisotopic (exact) mass is 381 g/mol. The standard InChI is InChI=1S/C18H27NO6Si/c1-23-17(21)15(12-16(20)24-10-11-26(2,3)4)19-18(22)25-13-14-8-6-5-7-9-14/h5-9,15H,10-13H2,1-4H3,(H,19,22)/t15-/m0/s1. The highest BCUT2D eigenvalue weighted by molar-refractivity contribution is 6.76. The van der Waals surface area contributed by atoms with E-state index in [1.807, 2.05) is 18.2 Å². The van der Waals surface area contributed by atoms with Crippen LogP contribution in [0.2, 0.25) is 25.7 Å². The summed E-state index contributed by atoms with van der Waals surface area (Å²) in [7, 11) is -0.137. The van der Waals surface area contributed by atoms with Gasteiger partial charge in [0.2, 0.25) is 0 Å². The number of alkyl carbamates (subject to hydrolysis) is 1. The topological polar surface area (TPSA) is 90.9 Å². The fourth-order valence-electron chi connectivity index (χ4n) is 1.94. The number of methoxy groups -OCH3 is 1. The third-order valence-electron chi connectivity index (χ3n) is 3.48. The summed E-state index contributed by atoms with van der Waals surface area (Å²) < 4.78 is 14.8. The third-order valence-corrected chi connectivity index (χ3v) is 5.18. The summed E-state index contributed by atoms with van der Waals surface area (Å²) in [5.41, 5.74) is 0.808. The van der Waals surface area contributed by atoms with Crippen LogP contribution in [0.1, 0.15) is 12.0 Å². The Bertz CT molecular complexity index is 599. The van der Waals surface area contributed by atoms with Crippen molar-refractivity contribution in [3.05, 3.63) is 35.9 Å². The molecule has 0 aliphatic carbocycles. The Kier molecular flexibility index (Phi) is 8.84. The van der Waals surface area contributed by atoms with Gasteiger partial charge in [0.1, 0.15) is 12.6 Å². The van der Waals surface area contributed by atoms with Gasteiger partial charge in [0.25, 0.3) is 0 Å². The van der Waals surface area contributed by atoms with Gasteiger partial charge >= 0.3 is 18.0 Å². The van der Waals surface area contributed by atoms with Crippen molar-refractivity contribution in [2.45, 2.75) is 44.8 Å². The molecule has 0 spiro atoms. The van der Waals surface area contributed by atoms with Crippen molar-refractivity contribution in [1.29, 1.82) is 0 Å². The minimum absolute atomic E-state index is 0.0568. The third kappa shape index (κ3) is 9.21. The maximum absolute atomic E-state index is 11.9. The Balaban J connectivity index is 2.48. The molecule has 0 fully saturated rings. The van der Waals surface area contributed by atoms with E-state index in [0.29, 0.717) is 6.61 Å². The number of carbonyl (C=O) groups excluding carboxylic acids is 3. The van der Waals surface area contributed by atoms with Crippen LogP contribution in [0.15, 0.2) is 30.3 Å². The van der Waals surface area contributed by atoms with Crippen molar-refractivity contribution >= 4 is 26.1 Å². The zero-order valence-corrected chi connectivity index (χ0v) is 16.7. The van der Waals surface area contributed by atoms with Crippen LogP contribution >= 0.6 is 0 Å². The van der Waals surface area contributed by atoms with Crippen molar-refractivity contribution in [2.75, 3.05) is 13.7 Å². The van der Waals surface area contributed by atoms with Gasteiger partial charge in [-0.25, -0.2) is 9.59 Å². The molecule has 0 aliphatic heterocycles. The summed E-state index contributed by atoms with van der Waals surface area (Å²) in [6, 6.07) is 8.79. The summed E-state index contributed by atoms with van der Waals surface area (Å²) in [6.45, 7) is 6.87. The minimum Gasteiger partial charge on any atom is -0.467 e. The van der Waals surface area contributed by atoms with Crippen LogP contribution in [-0.2, 0) is 30.4 Å². The first kappa shape index (κ1) is 21.7. The van der Waals surface area contributed by atoms with Gasteiger partial charge in [0, 0.05) is 8.07 Å². The quantitative estimate of drug-likeness (QED) is 0.402. The van der Waals surface area contributed by atoms with E-state index in [0.717, 1.165) is 11.6 Å². The molecule has 1 N–H and O–H groups in total. The predicted molar refractivity (Wildman–Crippen MR) is 99.3 cm³/mol. The van der Waals surface area contributed by atoms with Crippen molar-refractivity contribution < 1.29 is 28.6 Å². The Morgan fingerprint density at radius 3 is 2.31 bits per heavy atom. The van der Waals surface area contributed by atoms with Crippen LogP contribution in [-0.4, -0.2) is 45.9 Å². The van der Waals surface area contributed by atoms with Gasteiger partial charge in [-0.1, -0.05) is 50.0 Å².